The molecule has 7 nitrogen and oxygen atoms in total. The van der Waals surface area contributed by atoms with Gasteiger partial charge in [0.05, 0.1) is 11.5 Å². The minimum Gasteiger partial charge on any atom is -0.439 e. The van der Waals surface area contributed by atoms with E-state index >= 15 is 0 Å². The molecule has 0 bridgehead atoms. The van der Waals surface area contributed by atoms with E-state index in [1.54, 1.807) is 6.07 Å². The van der Waals surface area contributed by atoms with E-state index in [9.17, 15) is 10.1 Å². The zero-order valence-corrected chi connectivity index (χ0v) is 12.3. The number of fused-ring (bicyclic) bond motifs is 1. The van der Waals surface area contributed by atoms with Crippen LogP contribution in [0.2, 0.25) is 0 Å². The van der Waals surface area contributed by atoms with Gasteiger partial charge in [-0.2, -0.15) is 0 Å². The van der Waals surface area contributed by atoms with E-state index < -0.39 is 4.92 Å². The zero-order chi connectivity index (χ0) is 15.5. The Bertz CT molecular complexity index is 668. The molecule has 3 rings (SSSR count). The first-order valence-corrected chi connectivity index (χ1v) is 7.56. The third-order valence-electron chi connectivity index (χ3n) is 4.18. The number of benzene rings is 1. The standard InChI is InChI=1S/C15H19N3O4/c19-8-6-11-3-1-2-7-17(11)10-15-16-13-9-12(18(20)21)4-5-14(13)22-15/h4-5,9,11,19H,1-3,6-8,10H2. The predicted octanol–water partition coefficient (Wildman–Crippen LogP) is 2.47. The highest BCUT2D eigenvalue weighted by molar-refractivity contribution is 5.75. The summed E-state index contributed by atoms with van der Waals surface area (Å²) in [6, 6.07) is 4.80. The fraction of sp³-hybridized carbons (Fsp3) is 0.533. The van der Waals surface area contributed by atoms with Gasteiger partial charge < -0.3 is 9.52 Å². The molecule has 1 aliphatic rings. The fourth-order valence-corrected chi connectivity index (χ4v) is 3.06. The maximum Gasteiger partial charge on any atom is 0.271 e. The highest BCUT2D eigenvalue weighted by atomic mass is 16.6. The van der Waals surface area contributed by atoms with Crippen molar-refractivity contribution in [3.8, 4) is 0 Å². The van der Waals surface area contributed by atoms with Gasteiger partial charge >= 0.3 is 0 Å². The number of nitro benzene ring substituents is 1. The van der Waals surface area contributed by atoms with Crippen LogP contribution in [0.1, 0.15) is 31.6 Å². The highest BCUT2D eigenvalue weighted by Gasteiger charge is 2.23. The lowest BCUT2D eigenvalue weighted by Crippen LogP contribution is -2.39. The van der Waals surface area contributed by atoms with Crippen LogP contribution in [0.5, 0.6) is 0 Å². The van der Waals surface area contributed by atoms with Crippen molar-refractivity contribution in [2.75, 3.05) is 13.2 Å². The first-order valence-electron chi connectivity index (χ1n) is 7.56. The molecule has 1 aromatic carbocycles. The lowest BCUT2D eigenvalue weighted by Gasteiger charge is -2.34. The minimum atomic E-state index is -0.435. The van der Waals surface area contributed by atoms with Gasteiger partial charge in [0.15, 0.2) is 5.58 Å². The van der Waals surface area contributed by atoms with E-state index in [-0.39, 0.29) is 12.3 Å². The van der Waals surface area contributed by atoms with Crippen molar-refractivity contribution in [2.45, 2.75) is 38.3 Å². The van der Waals surface area contributed by atoms with Crippen LogP contribution >= 0.6 is 0 Å². The van der Waals surface area contributed by atoms with Crippen LogP contribution in [-0.4, -0.2) is 39.1 Å². The SMILES string of the molecule is O=[N+]([O-])c1ccc2oc(CN3CCCCC3CCO)nc2c1. The number of aliphatic hydroxyl groups is 1. The summed E-state index contributed by atoms with van der Waals surface area (Å²) in [5, 5.41) is 20.0. The van der Waals surface area contributed by atoms with Crippen LogP contribution in [0.25, 0.3) is 11.1 Å². The third-order valence-corrected chi connectivity index (χ3v) is 4.18. The number of hydrogen-bond acceptors (Lipinski definition) is 6. The second kappa shape index (κ2) is 6.41. The maximum atomic E-state index is 10.8. The summed E-state index contributed by atoms with van der Waals surface area (Å²) >= 11 is 0. The molecule has 1 N–H and O–H groups in total. The van der Waals surface area contributed by atoms with Gasteiger partial charge in [0.1, 0.15) is 5.52 Å². The molecule has 2 aromatic rings. The first-order chi connectivity index (χ1) is 10.7. The Morgan fingerprint density at radius 2 is 2.32 bits per heavy atom. The Morgan fingerprint density at radius 1 is 1.45 bits per heavy atom. The van der Waals surface area contributed by atoms with Crippen molar-refractivity contribution < 1.29 is 14.4 Å². The Hall–Kier alpha value is -1.99. The average Bonchev–Trinajstić information content (AvgIpc) is 2.90. The smallest absolute Gasteiger partial charge is 0.271 e. The number of piperidine rings is 1. The van der Waals surface area contributed by atoms with Crippen LogP contribution in [0.15, 0.2) is 22.6 Å². The number of non-ortho nitro benzene ring substituents is 1. The molecule has 7 heteroatoms. The molecule has 22 heavy (non-hydrogen) atoms. The largest absolute Gasteiger partial charge is 0.439 e. The lowest BCUT2D eigenvalue weighted by molar-refractivity contribution is -0.384. The number of likely N-dealkylation sites (tertiary alicyclic amines) is 1. The molecule has 118 valence electrons. The summed E-state index contributed by atoms with van der Waals surface area (Å²) in [4.78, 5) is 17.0. The summed E-state index contributed by atoms with van der Waals surface area (Å²) in [6.07, 6.45) is 4.15. The van der Waals surface area contributed by atoms with Crippen LogP contribution < -0.4 is 0 Å². The monoisotopic (exact) mass is 305 g/mol. The predicted molar refractivity (Wildman–Crippen MR) is 80.4 cm³/mol. The number of oxazole rings is 1. The van der Waals surface area contributed by atoms with Crippen molar-refractivity contribution in [3.63, 3.8) is 0 Å². The van der Waals surface area contributed by atoms with E-state index in [1.165, 1.54) is 18.6 Å². The van der Waals surface area contributed by atoms with Crippen molar-refractivity contribution >= 4 is 16.8 Å². The Labute approximate surface area is 127 Å². The van der Waals surface area contributed by atoms with Gasteiger partial charge in [-0.15, -0.1) is 0 Å². The zero-order valence-electron chi connectivity index (χ0n) is 12.3. The van der Waals surface area contributed by atoms with Gasteiger partial charge in [0, 0.05) is 24.8 Å². The molecule has 0 amide bonds. The summed E-state index contributed by atoms with van der Waals surface area (Å²) in [5.41, 5.74) is 1.10. The van der Waals surface area contributed by atoms with Crippen LogP contribution in [-0.2, 0) is 6.54 Å². The molecule has 1 atom stereocenters. The van der Waals surface area contributed by atoms with Gasteiger partial charge in [-0.3, -0.25) is 15.0 Å². The van der Waals surface area contributed by atoms with Crippen molar-refractivity contribution in [1.82, 2.24) is 9.88 Å². The Kier molecular flexibility index (Phi) is 4.35. The number of nitrogens with zero attached hydrogens (tertiary/aromatic N) is 3. The molecule has 1 unspecified atom stereocenters. The van der Waals surface area contributed by atoms with E-state index in [2.05, 4.69) is 9.88 Å². The molecule has 2 heterocycles. The van der Waals surface area contributed by atoms with Crippen molar-refractivity contribution in [1.29, 1.82) is 0 Å². The topological polar surface area (TPSA) is 92.6 Å². The number of nitro groups is 1. The second-order valence-electron chi connectivity index (χ2n) is 5.65. The number of aromatic nitrogens is 1. The van der Waals surface area contributed by atoms with Gasteiger partial charge in [-0.1, -0.05) is 6.42 Å². The fourth-order valence-electron chi connectivity index (χ4n) is 3.06. The summed E-state index contributed by atoms with van der Waals surface area (Å²) in [6.45, 7) is 1.72. The maximum absolute atomic E-state index is 10.8. The molecule has 1 aromatic heterocycles. The molecule has 0 aliphatic carbocycles. The number of aliphatic hydroxyl groups excluding tert-OH is 1. The Morgan fingerprint density at radius 3 is 3.09 bits per heavy atom. The van der Waals surface area contributed by atoms with Gasteiger partial charge in [0.25, 0.3) is 5.69 Å². The van der Waals surface area contributed by atoms with Crippen LogP contribution in [0.3, 0.4) is 0 Å². The van der Waals surface area contributed by atoms with E-state index in [0.29, 0.717) is 29.6 Å². The molecule has 1 fully saturated rings. The first kappa shape index (κ1) is 14.9. The van der Waals surface area contributed by atoms with Gasteiger partial charge in [0.2, 0.25) is 5.89 Å². The molecule has 1 aliphatic heterocycles. The molecule has 1 saturated heterocycles. The average molecular weight is 305 g/mol. The van der Waals surface area contributed by atoms with E-state index in [0.717, 1.165) is 25.8 Å². The van der Waals surface area contributed by atoms with Crippen molar-refractivity contribution in [3.05, 3.63) is 34.2 Å². The number of hydrogen-bond donors (Lipinski definition) is 1. The van der Waals surface area contributed by atoms with Crippen LogP contribution in [0, 0.1) is 10.1 Å². The van der Waals surface area contributed by atoms with Crippen molar-refractivity contribution in [2.24, 2.45) is 0 Å². The molecule has 0 saturated carbocycles. The highest BCUT2D eigenvalue weighted by Crippen LogP contribution is 2.25. The molecule has 0 radical (unpaired) electrons. The Balaban J connectivity index is 1.79. The lowest BCUT2D eigenvalue weighted by atomic mass is 10.00. The molecular weight excluding hydrogens is 286 g/mol. The third kappa shape index (κ3) is 3.10. The van der Waals surface area contributed by atoms with E-state index in [1.807, 2.05) is 0 Å². The summed E-state index contributed by atoms with van der Waals surface area (Å²) < 4.78 is 5.69. The van der Waals surface area contributed by atoms with E-state index in [4.69, 9.17) is 9.52 Å². The summed E-state index contributed by atoms with van der Waals surface area (Å²) in [7, 11) is 0. The normalized spacial score (nSPS) is 19.6. The van der Waals surface area contributed by atoms with Gasteiger partial charge in [-0.05, 0) is 31.9 Å². The van der Waals surface area contributed by atoms with Crippen LogP contribution in [0.4, 0.5) is 5.69 Å². The minimum absolute atomic E-state index is 0.0171. The second-order valence-corrected chi connectivity index (χ2v) is 5.65. The molecule has 0 spiro atoms. The number of rotatable bonds is 5. The molecular formula is C15H19N3O4. The quantitative estimate of drug-likeness (QED) is 0.674. The summed E-state index contributed by atoms with van der Waals surface area (Å²) in [5.74, 6) is 0.570. The van der Waals surface area contributed by atoms with Gasteiger partial charge in [-0.25, -0.2) is 4.98 Å².